The molecule has 1 N–H and O–H groups in total. The van der Waals surface area contributed by atoms with Gasteiger partial charge in [0.1, 0.15) is 0 Å². The van der Waals surface area contributed by atoms with E-state index < -0.39 is 0 Å². The van der Waals surface area contributed by atoms with E-state index >= 15 is 0 Å². The molecule has 1 aliphatic heterocycles. The first-order chi connectivity index (χ1) is 16.2. The second kappa shape index (κ2) is 9.75. The number of hydrogen-bond donors (Lipinski definition) is 1. The van der Waals surface area contributed by atoms with E-state index in [1.807, 2.05) is 53.4 Å². The van der Waals surface area contributed by atoms with Crippen LogP contribution in [-0.4, -0.2) is 33.2 Å². The number of fused-ring (bicyclic) bond motifs is 1. The summed E-state index contributed by atoms with van der Waals surface area (Å²) in [6, 6.07) is 15.5. The van der Waals surface area contributed by atoms with Crippen molar-refractivity contribution in [2.45, 2.75) is 58.9 Å². The predicted octanol–water partition coefficient (Wildman–Crippen LogP) is 5.18. The quantitative estimate of drug-likeness (QED) is 0.574. The van der Waals surface area contributed by atoms with Crippen molar-refractivity contribution < 1.29 is 9.59 Å². The lowest BCUT2D eigenvalue weighted by molar-refractivity contribution is 0.0733. The highest BCUT2D eigenvalue weighted by molar-refractivity contribution is 6.03. The Hall–Kier alpha value is -3.54. The minimum Gasteiger partial charge on any atom is -0.334 e. The summed E-state index contributed by atoms with van der Waals surface area (Å²) < 4.78 is 0. The van der Waals surface area contributed by atoms with Crippen molar-refractivity contribution >= 4 is 17.8 Å². The van der Waals surface area contributed by atoms with Crippen LogP contribution in [0.2, 0.25) is 0 Å². The summed E-state index contributed by atoms with van der Waals surface area (Å²) >= 11 is 0. The smallest absolute Gasteiger partial charge is 0.258 e. The molecule has 1 aromatic heterocycles. The lowest BCUT2D eigenvalue weighted by Crippen LogP contribution is -2.36. The van der Waals surface area contributed by atoms with E-state index in [1.165, 1.54) is 11.1 Å². The van der Waals surface area contributed by atoms with Gasteiger partial charge < -0.3 is 4.90 Å². The van der Waals surface area contributed by atoms with E-state index in [-0.39, 0.29) is 23.2 Å². The van der Waals surface area contributed by atoms with Crippen LogP contribution in [0.5, 0.6) is 0 Å². The maximum atomic E-state index is 13.0. The minimum absolute atomic E-state index is 0.0183. The van der Waals surface area contributed by atoms with Gasteiger partial charge in [-0.2, -0.15) is 0 Å². The zero-order valence-corrected chi connectivity index (χ0v) is 20.4. The maximum absolute atomic E-state index is 13.0. The molecule has 176 valence electrons. The topological polar surface area (TPSA) is 75.2 Å². The molecule has 4 rings (SSSR count). The number of nitrogens with one attached hydrogen (secondary N) is 1. The third-order valence-corrected chi connectivity index (χ3v) is 6.20. The van der Waals surface area contributed by atoms with E-state index in [0.29, 0.717) is 30.6 Å². The second-order valence-electron chi connectivity index (χ2n) is 9.87. The monoisotopic (exact) mass is 456 g/mol. The summed E-state index contributed by atoms with van der Waals surface area (Å²) in [5.74, 6) is 0.0688. The number of nitrogens with zero attached hydrogens (tertiary/aromatic N) is 3. The number of anilines is 1. The average Bonchev–Trinajstić information content (AvgIpc) is 2.83. The molecule has 34 heavy (non-hydrogen) atoms. The molecule has 0 atom stereocenters. The Bertz CT molecular complexity index is 1180. The lowest BCUT2D eigenvalue weighted by atomic mass is 9.87. The molecule has 0 fully saturated rings. The molecule has 3 aromatic rings. The third-order valence-electron chi connectivity index (χ3n) is 6.20. The largest absolute Gasteiger partial charge is 0.334 e. The van der Waals surface area contributed by atoms with Crippen LogP contribution in [0, 0.1) is 0 Å². The van der Waals surface area contributed by atoms with E-state index in [4.69, 9.17) is 0 Å². The maximum Gasteiger partial charge on any atom is 0.258 e. The molecule has 2 heterocycles. The van der Waals surface area contributed by atoms with Gasteiger partial charge in [0.25, 0.3) is 11.8 Å². The van der Waals surface area contributed by atoms with Crippen molar-refractivity contribution in [1.29, 1.82) is 0 Å². The molecule has 0 saturated carbocycles. The summed E-state index contributed by atoms with van der Waals surface area (Å²) in [5, 5.41) is 2.80. The number of aryl methyl sites for hydroxylation is 1. The van der Waals surface area contributed by atoms with Gasteiger partial charge in [0.2, 0.25) is 5.95 Å². The molecule has 2 amide bonds. The van der Waals surface area contributed by atoms with Crippen molar-refractivity contribution in [3.05, 3.63) is 88.2 Å². The predicted molar refractivity (Wildman–Crippen MR) is 134 cm³/mol. The number of aromatic nitrogens is 2. The molecular formula is C28H32N4O2. The molecule has 1 aliphatic rings. The van der Waals surface area contributed by atoms with Crippen LogP contribution in [0.3, 0.4) is 0 Å². The van der Waals surface area contributed by atoms with Crippen LogP contribution in [0.1, 0.15) is 77.2 Å². The summed E-state index contributed by atoms with van der Waals surface area (Å²) in [5.41, 5.74) is 5.50. The summed E-state index contributed by atoms with van der Waals surface area (Å²) in [6.45, 7) is 9.62. The highest BCUT2D eigenvalue weighted by Gasteiger charge is 2.24. The minimum atomic E-state index is -0.237. The van der Waals surface area contributed by atoms with Gasteiger partial charge in [-0.25, -0.2) is 9.97 Å². The van der Waals surface area contributed by atoms with Gasteiger partial charge in [0, 0.05) is 42.4 Å². The zero-order valence-electron chi connectivity index (χ0n) is 20.4. The van der Waals surface area contributed by atoms with Crippen molar-refractivity contribution in [1.82, 2.24) is 14.9 Å². The first kappa shape index (κ1) is 23.6. The van der Waals surface area contributed by atoms with Crippen molar-refractivity contribution in [3.63, 3.8) is 0 Å². The van der Waals surface area contributed by atoms with Crippen molar-refractivity contribution in [2.24, 2.45) is 0 Å². The van der Waals surface area contributed by atoms with Crippen molar-refractivity contribution in [3.8, 4) is 0 Å². The Morgan fingerprint density at radius 2 is 1.68 bits per heavy atom. The van der Waals surface area contributed by atoms with Crippen LogP contribution in [0.25, 0.3) is 0 Å². The van der Waals surface area contributed by atoms with Gasteiger partial charge in [0.05, 0.1) is 5.69 Å². The number of carbonyl (C=O) groups is 2. The van der Waals surface area contributed by atoms with E-state index in [0.717, 1.165) is 24.1 Å². The molecule has 6 nitrogen and oxygen atoms in total. The van der Waals surface area contributed by atoms with Gasteiger partial charge in [-0.15, -0.1) is 0 Å². The van der Waals surface area contributed by atoms with Crippen LogP contribution >= 0.6 is 0 Å². The first-order valence-corrected chi connectivity index (χ1v) is 11.9. The SMILES string of the molecule is CCCc1ccc(C(=O)N2CCc3nc(NC(=O)c4ccc(C(C)(C)C)cc4)ncc3C2)cc1. The molecule has 0 spiro atoms. The van der Waals surface area contributed by atoms with Gasteiger partial charge >= 0.3 is 0 Å². The van der Waals surface area contributed by atoms with Gasteiger partial charge in [-0.3, -0.25) is 14.9 Å². The van der Waals surface area contributed by atoms with Gasteiger partial charge in [-0.1, -0.05) is 58.4 Å². The Kier molecular flexibility index (Phi) is 6.77. The fourth-order valence-corrected chi connectivity index (χ4v) is 4.13. The fourth-order valence-electron chi connectivity index (χ4n) is 4.13. The summed E-state index contributed by atoms with van der Waals surface area (Å²) in [4.78, 5) is 36.3. The summed E-state index contributed by atoms with van der Waals surface area (Å²) in [7, 11) is 0. The van der Waals surface area contributed by atoms with Crippen LogP contribution in [0.4, 0.5) is 5.95 Å². The first-order valence-electron chi connectivity index (χ1n) is 11.9. The Balaban J connectivity index is 1.41. The highest BCUT2D eigenvalue weighted by atomic mass is 16.2. The molecule has 6 heteroatoms. The van der Waals surface area contributed by atoms with E-state index in [2.05, 4.69) is 43.0 Å². The van der Waals surface area contributed by atoms with E-state index in [1.54, 1.807) is 6.20 Å². The normalized spacial score (nSPS) is 13.4. The fraction of sp³-hybridized carbons (Fsp3) is 0.357. The molecule has 0 saturated heterocycles. The van der Waals surface area contributed by atoms with Crippen LogP contribution < -0.4 is 5.32 Å². The van der Waals surface area contributed by atoms with Crippen LogP contribution in [-0.2, 0) is 24.8 Å². The zero-order chi connectivity index (χ0) is 24.3. The van der Waals surface area contributed by atoms with E-state index in [9.17, 15) is 9.59 Å². The number of hydrogen-bond acceptors (Lipinski definition) is 4. The Labute approximate surface area is 201 Å². The van der Waals surface area contributed by atoms with Crippen LogP contribution in [0.15, 0.2) is 54.7 Å². The van der Waals surface area contributed by atoms with Gasteiger partial charge in [0.15, 0.2) is 0 Å². The molecular weight excluding hydrogens is 424 g/mol. The molecule has 2 aromatic carbocycles. The number of benzene rings is 2. The number of amides is 2. The molecule has 0 bridgehead atoms. The lowest BCUT2D eigenvalue weighted by Gasteiger charge is -2.28. The Morgan fingerprint density at radius 3 is 2.32 bits per heavy atom. The molecule has 0 unspecified atom stereocenters. The molecule has 0 radical (unpaired) electrons. The second-order valence-corrected chi connectivity index (χ2v) is 9.87. The highest BCUT2D eigenvalue weighted by Crippen LogP contribution is 2.23. The van der Waals surface area contributed by atoms with Crippen molar-refractivity contribution in [2.75, 3.05) is 11.9 Å². The average molecular weight is 457 g/mol. The molecule has 0 aliphatic carbocycles. The Morgan fingerprint density at radius 1 is 1.00 bits per heavy atom. The van der Waals surface area contributed by atoms with Gasteiger partial charge in [-0.05, 0) is 47.2 Å². The summed E-state index contributed by atoms with van der Waals surface area (Å²) in [6.07, 6.45) is 4.44. The number of carbonyl (C=O) groups excluding carboxylic acids is 2. The number of rotatable bonds is 5. The third kappa shape index (κ3) is 5.33. The standard InChI is InChI=1S/C28H32N4O2/c1-5-6-19-7-9-21(10-8-19)26(34)32-16-15-24-22(18-32)17-29-27(30-24)31-25(33)20-11-13-23(14-12-20)28(2,3)4/h7-14,17H,5-6,15-16,18H2,1-4H3,(H,29,30,31,33).